The van der Waals surface area contributed by atoms with Gasteiger partial charge in [-0.05, 0) is 61.5 Å². The number of halogens is 1. The van der Waals surface area contributed by atoms with E-state index >= 15 is 0 Å². The highest BCUT2D eigenvalue weighted by Gasteiger charge is 2.32. The predicted octanol–water partition coefficient (Wildman–Crippen LogP) is 3.90. The summed E-state index contributed by atoms with van der Waals surface area (Å²) in [7, 11) is 1.47. The number of aryl methyl sites for hydroxylation is 1. The Balaban J connectivity index is 2.06. The fraction of sp³-hybridized carbons (Fsp3) is 0.176. The van der Waals surface area contributed by atoms with Gasteiger partial charge >= 0.3 is 0 Å². The van der Waals surface area contributed by atoms with E-state index in [1.165, 1.54) is 19.2 Å². The smallest absolute Gasteiger partial charge is 0.293 e. The zero-order valence-corrected chi connectivity index (χ0v) is 13.8. The number of hydrogen-bond acceptors (Lipinski definition) is 3. The van der Waals surface area contributed by atoms with Crippen LogP contribution in [0.1, 0.15) is 17.0 Å². The zero-order chi connectivity index (χ0) is 16.7. The Morgan fingerprint density at radius 1 is 1.17 bits per heavy atom. The average molecular weight is 330 g/mol. The van der Waals surface area contributed by atoms with Crippen LogP contribution in [0.25, 0.3) is 11.8 Å². The quantitative estimate of drug-likeness (QED) is 0.784. The Morgan fingerprint density at radius 3 is 2.52 bits per heavy atom. The molecule has 0 radical (unpaired) electrons. The van der Waals surface area contributed by atoms with Crippen LogP contribution in [0.4, 0.5) is 9.18 Å². The van der Waals surface area contributed by atoms with Gasteiger partial charge in [0.1, 0.15) is 5.82 Å². The molecule has 1 aliphatic heterocycles. The summed E-state index contributed by atoms with van der Waals surface area (Å²) in [4.78, 5) is 25.1. The molecule has 0 N–H and O–H groups in total. The molecule has 0 spiro atoms. The maximum absolute atomic E-state index is 13.5. The number of thioether (sulfide) groups is 1. The highest BCUT2D eigenvalue weighted by Crippen LogP contribution is 2.32. The lowest BCUT2D eigenvalue weighted by atomic mass is 10.2. The number of carbonyl (C=O) groups excluding carboxylic acids is 2. The third kappa shape index (κ3) is 2.70. The van der Waals surface area contributed by atoms with Gasteiger partial charge < -0.3 is 4.57 Å². The number of carbonyl (C=O) groups is 2. The van der Waals surface area contributed by atoms with Gasteiger partial charge in [-0.1, -0.05) is 6.07 Å². The number of nitrogens with zero attached hydrogens (tertiary/aromatic N) is 2. The van der Waals surface area contributed by atoms with E-state index in [4.69, 9.17) is 0 Å². The van der Waals surface area contributed by atoms with E-state index in [0.29, 0.717) is 4.91 Å². The van der Waals surface area contributed by atoms with E-state index in [1.807, 2.05) is 30.5 Å². The van der Waals surface area contributed by atoms with E-state index in [-0.39, 0.29) is 17.0 Å². The summed E-state index contributed by atoms with van der Waals surface area (Å²) in [5, 5.41) is -0.278. The van der Waals surface area contributed by atoms with Gasteiger partial charge in [0, 0.05) is 24.1 Å². The number of likely N-dealkylation sites (N-methyl/N-ethyl adjacent to an activating group) is 1. The highest BCUT2D eigenvalue weighted by atomic mass is 32.2. The zero-order valence-electron chi connectivity index (χ0n) is 13.0. The van der Waals surface area contributed by atoms with E-state index in [0.717, 1.165) is 39.3 Å². The molecule has 0 aliphatic carbocycles. The lowest BCUT2D eigenvalue weighted by Gasteiger charge is -2.09. The fourth-order valence-corrected chi connectivity index (χ4v) is 3.45. The van der Waals surface area contributed by atoms with Crippen LogP contribution >= 0.6 is 11.8 Å². The molecule has 0 bridgehead atoms. The van der Waals surface area contributed by atoms with Crippen LogP contribution in [-0.4, -0.2) is 27.7 Å². The molecule has 3 rings (SSSR count). The van der Waals surface area contributed by atoms with Crippen molar-refractivity contribution in [2.24, 2.45) is 0 Å². The number of benzene rings is 1. The Morgan fingerprint density at radius 2 is 1.91 bits per heavy atom. The predicted molar refractivity (Wildman–Crippen MR) is 88.9 cm³/mol. The molecule has 23 heavy (non-hydrogen) atoms. The SMILES string of the molecule is Cc1cc(/C=C2\SC(=O)N(C)C2=O)c(C)n1-c1cccc(F)c1. The second-order valence-corrected chi connectivity index (χ2v) is 6.38. The van der Waals surface area contributed by atoms with Gasteiger partial charge in [-0.25, -0.2) is 4.39 Å². The average Bonchev–Trinajstić information content (AvgIpc) is 2.91. The number of aromatic nitrogens is 1. The second kappa shape index (κ2) is 5.70. The normalized spacial score (nSPS) is 16.7. The Labute approximate surface area is 137 Å². The summed E-state index contributed by atoms with van der Waals surface area (Å²) in [6.45, 7) is 3.82. The van der Waals surface area contributed by atoms with Crippen molar-refractivity contribution in [3.8, 4) is 5.69 Å². The van der Waals surface area contributed by atoms with Crippen molar-refractivity contribution in [1.82, 2.24) is 9.47 Å². The number of amides is 2. The summed E-state index contributed by atoms with van der Waals surface area (Å²) in [6.07, 6.45) is 1.71. The Kier molecular flexibility index (Phi) is 3.85. The Hall–Kier alpha value is -2.34. The molecule has 1 aliphatic rings. The topological polar surface area (TPSA) is 42.3 Å². The van der Waals surface area contributed by atoms with Crippen molar-refractivity contribution in [3.05, 3.63) is 58.0 Å². The molecular formula is C17H15FN2O2S. The molecule has 6 heteroatoms. The maximum atomic E-state index is 13.5. The third-order valence-electron chi connectivity index (χ3n) is 3.81. The van der Waals surface area contributed by atoms with Gasteiger partial charge in [0.25, 0.3) is 11.1 Å². The van der Waals surface area contributed by atoms with Crippen molar-refractivity contribution in [2.45, 2.75) is 13.8 Å². The maximum Gasteiger partial charge on any atom is 0.293 e. The van der Waals surface area contributed by atoms with Crippen molar-refractivity contribution in [3.63, 3.8) is 0 Å². The largest absolute Gasteiger partial charge is 0.318 e. The Bertz CT molecular complexity index is 854. The standard InChI is InChI=1S/C17H15FN2O2S/c1-10-7-12(8-15-16(21)19(3)17(22)23-15)11(2)20(10)14-6-4-5-13(18)9-14/h4-9H,1-3H3/b15-8-. The number of imide groups is 1. The van der Waals surface area contributed by atoms with Crippen LogP contribution in [0, 0.1) is 19.7 Å². The van der Waals surface area contributed by atoms with Crippen LogP contribution < -0.4 is 0 Å². The molecule has 0 atom stereocenters. The lowest BCUT2D eigenvalue weighted by Crippen LogP contribution is -2.22. The molecule has 0 saturated carbocycles. The van der Waals surface area contributed by atoms with Gasteiger partial charge in [0.2, 0.25) is 0 Å². The molecule has 2 aromatic rings. The highest BCUT2D eigenvalue weighted by molar-refractivity contribution is 8.18. The first kappa shape index (κ1) is 15.6. The van der Waals surface area contributed by atoms with Crippen molar-refractivity contribution < 1.29 is 14.0 Å². The summed E-state index contributed by atoms with van der Waals surface area (Å²) >= 11 is 0.928. The minimum Gasteiger partial charge on any atom is -0.318 e. The van der Waals surface area contributed by atoms with Crippen molar-refractivity contribution in [1.29, 1.82) is 0 Å². The first-order valence-electron chi connectivity index (χ1n) is 7.05. The lowest BCUT2D eigenvalue weighted by molar-refractivity contribution is -0.121. The van der Waals surface area contributed by atoms with E-state index < -0.39 is 0 Å². The van der Waals surface area contributed by atoms with Crippen LogP contribution in [-0.2, 0) is 4.79 Å². The molecule has 0 unspecified atom stereocenters. The molecular weight excluding hydrogens is 315 g/mol. The first-order chi connectivity index (χ1) is 10.9. The van der Waals surface area contributed by atoms with Gasteiger partial charge in [0.05, 0.1) is 4.91 Å². The summed E-state index contributed by atoms with van der Waals surface area (Å²) in [6, 6.07) is 8.27. The second-order valence-electron chi connectivity index (χ2n) is 5.38. The molecule has 1 aromatic carbocycles. The summed E-state index contributed by atoms with van der Waals surface area (Å²) in [5.41, 5.74) is 3.38. The fourth-order valence-electron chi connectivity index (χ4n) is 2.63. The van der Waals surface area contributed by atoms with E-state index in [1.54, 1.807) is 12.1 Å². The number of rotatable bonds is 2. The molecule has 4 nitrogen and oxygen atoms in total. The van der Waals surface area contributed by atoms with E-state index in [9.17, 15) is 14.0 Å². The van der Waals surface area contributed by atoms with Crippen LogP contribution in [0.2, 0.25) is 0 Å². The van der Waals surface area contributed by atoms with Gasteiger partial charge in [0.15, 0.2) is 0 Å². The van der Waals surface area contributed by atoms with Gasteiger partial charge in [-0.15, -0.1) is 0 Å². The van der Waals surface area contributed by atoms with Crippen molar-refractivity contribution in [2.75, 3.05) is 7.05 Å². The monoisotopic (exact) mass is 330 g/mol. The van der Waals surface area contributed by atoms with Crippen LogP contribution in [0.15, 0.2) is 35.2 Å². The first-order valence-corrected chi connectivity index (χ1v) is 7.86. The number of hydrogen-bond donors (Lipinski definition) is 0. The van der Waals surface area contributed by atoms with Crippen LogP contribution in [0.3, 0.4) is 0 Å². The molecule has 1 aromatic heterocycles. The third-order valence-corrected chi connectivity index (χ3v) is 4.77. The van der Waals surface area contributed by atoms with Crippen molar-refractivity contribution >= 4 is 29.0 Å². The molecule has 2 amide bonds. The minimum absolute atomic E-state index is 0.278. The molecule has 2 heterocycles. The summed E-state index contributed by atoms with van der Waals surface area (Å²) in [5.74, 6) is -0.598. The summed E-state index contributed by atoms with van der Waals surface area (Å²) < 4.78 is 15.4. The van der Waals surface area contributed by atoms with Gasteiger partial charge in [-0.2, -0.15) is 0 Å². The van der Waals surface area contributed by atoms with Crippen LogP contribution in [0.5, 0.6) is 0 Å². The molecule has 1 saturated heterocycles. The van der Waals surface area contributed by atoms with Gasteiger partial charge in [-0.3, -0.25) is 14.5 Å². The minimum atomic E-state index is -0.302. The van der Waals surface area contributed by atoms with E-state index in [2.05, 4.69) is 0 Å². The molecule has 118 valence electrons. The molecule has 1 fully saturated rings.